The molecule has 3 N–H and O–H groups in total. The Morgan fingerprint density at radius 1 is 1.44 bits per heavy atom. The van der Waals surface area contributed by atoms with Gasteiger partial charge in [0.1, 0.15) is 5.82 Å². The Labute approximate surface area is 105 Å². The van der Waals surface area contributed by atoms with Crippen LogP contribution < -0.4 is 11.3 Å². The molecule has 0 aromatic heterocycles. The molecule has 1 aromatic carbocycles. The SMILES string of the molecule is CC(C)(C)CC(NN)c1cccc(Br)c1F. The standard InChI is InChI=1S/C12H18BrFN2/c1-12(2,3)7-10(16-15)8-5-4-6-9(13)11(8)14/h4-6,10,16H,7,15H2,1-3H3. The van der Waals surface area contributed by atoms with E-state index in [1.807, 2.05) is 6.07 Å². The van der Waals surface area contributed by atoms with Crippen LogP contribution >= 0.6 is 15.9 Å². The summed E-state index contributed by atoms with van der Waals surface area (Å²) in [4.78, 5) is 0. The fourth-order valence-corrected chi connectivity index (χ4v) is 2.04. The average Bonchev–Trinajstić information content (AvgIpc) is 2.18. The molecule has 0 aliphatic rings. The van der Waals surface area contributed by atoms with Crippen LogP contribution in [0.1, 0.15) is 38.8 Å². The van der Waals surface area contributed by atoms with E-state index in [-0.39, 0.29) is 17.3 Å². The molecular weight excluding hydrogens is 271 g/mol. The van der Waals surface area contributed by atoms with Crippen molar-refractivity contribution in [3.63, 3.8) is 0 Å². The zero-order valence-electron chi connectivity index (χ0n) is 9.85. The number of hydrogen-bond donors (Lipinski definition) is 2. The third-order valence-electron chi connectivity index (χ3n) is 2.37. The van der Waals surface area contributed by atoms with Gasteiger partial charge in [-0.3, -0.25) is 11.3 Å². The van der Waals surface area contributed by atoms with E-state index in [2.05, 4.69) is 42.1 Å². The maximum absolute atomic E-state index is 13.9. The summed E-state index contributed by atoms with van der Waals surface area (Å²) in [6.07, 6.45) is 0.775. The molecule has 4 heteroatoms. The molecule has 0 spiro atoms. The number of hydrogen-bond acceptors (Lipinski definition) is 2. The summed E-state index contributed by atoms with van der Waals surface area (Å²) < 4.78 is 14.3. The molecule has 90 valence electrons. The zero-order chi connectivity index (χ0) is 12.3. The highest BCUT2D eigenvalue weighted by Crippen LogP contribution is 2.31. The molecule has 1 rings (SSSR count). The van der Waals surface area contributed by atoms with Crippen molar-refractivity contribution in [3.05, 3.63) is 34.1 Å². The Kier molecular flexibility index (Phi) is 4.47. The second kappa shape index (κ2) is 5.25. The van der Waals surface area contributed by atoms with Crippen molar-refractivity contribution in [3.8, 4) is 0 Å². The van der Waals surface area contributed by atoms with E-state index in [0.29, 0.717) is 10.0 Å². The van der Waals surface area contributed by atoms with Crippen molar-refractivity contribution in [1.29, 1.82) is 0 Å². The van der Waals surface area contributed by atoms with E-state index in [1.165, 1.54) is 0 Å². The van der Waals surface area contributed by atoms with Crippen LogP contribution in [0.15, 0.2) is 22.7 Å². The van der Waals surface area contributed by atoms with Crippen molar-refractivity contribution in [2.45, 2.75) is 33.2 Å². The Morgan fingerprint density at radius 3 is 2.56 bits per heavy atom. The van der Waals surface area contributed by atoms with Gasteiger partial charge in [-0.25, -0.2) is 4.39 Å². The lowest BCUT2D eigenvalue weighted by Crippen LogP contribution is -2.31. The van der Waals surface area contributed by atoms with E-state index in [1.54, 1.807) is 12.1 Å². The quantitative estimate of drug-likeness (QED) is 0.660. The summed E-state index contributed by atoms with van der Waals surface area (Å²) in [6.45, 7) is 6.31. The highest BCUT2D eigenvalue weighted by Gasteiger charge is 2.22. The number of halogens is 2. The van der Waals surface area contributed by atoms with Crippen LogP contribution in [0.3, 0.4) is 0 Å². The van der Waals surface area contributed by atoms with Crippen LogP contribution in [0.25, 0.3) is 0 Å². The third-order valence-corrected chi connectivity index (χ3v) is 2.99. The first-order valence-corrected chi connectivity index (χ1v) is 6.04. The molecule has 0 radical (unpaired) electrons. The predicted octanol–water partition coefficient (Wildman–Crippen LogP) is 3.53. The minimum atomic E-state index is -0.241. The van der Waals surface area contributed by atoms with E-state index in [0.717, 1.165) is 6.42 Å². The molecule has 0 saturated carbocycles. The average molecular weight is 289 g/mol. The van der Waals surface area contributed by atoms with Crippen LogP contribution in [0.5, 0.6) is 0 Å². The van der Waals surface area contributed by atoms with Crippen molar-refractivity contribution in [2.24, 2.45) is 11.3 Å². The van der Waals surface area contributed by atoms with Crippen molar-refractivity contribution < 1.29 is 4.39 Å². The van der Waals surface area contributed by atoms with Gasteiger partial charge < -0.3 is 0 Å². The first-order chi connectivity index (χ1) is 7.35. The summed E-state index contributed by atoms with van der Waals surface area (Å²) in [5, 5.41) is 0. The van der Waals surface area contributed by atoms with E-state index in [4.69, 9.17) is 5.84 Å². The Bertz CT molecular complexity index is 361. The summed E-state index contributed by atoms with van der Waals surface area (Å²) in [5.74, 6) is 5.26. The molecule has 1 unspecified atom stereocenters. The fraction of sp³-hybridized carbons (Fsp3) is 0.500. The maximum Gasteiger partial charge on any atom is 0.142 e. The van der Waals surface area contributed by atoms with Gasteiger partial charge in [-0.1, -0.05) is 32.9 Å². The second-order valence-electron chi connectivity index (χ2n) is 5.13. The van der Waals surface area contributed by atoms with Crippen molar-refractivity contribution in [1.82, 2.24) is 5.43 Å². The maximum atomic E-state index is 13.9. The minimum Gasteiger partial charge on any atom is -0.271 e. The molecular formula is C12H18BrFN2. The normalized spacial score (nSPS) is 13.9. The van der Waals surface area contributed by atoms with Gasteiger partial charge in [0.25, 0.3) is 0 Å². The summed E-state index contributed by atoms with van der Waals surface area (Å²) in [6, 6.07) is 5.09. The molecule has 0 bridgehead atoms. The van der Waals surface area contributed by atoms with Crippen molar-refractivity contribution in [2.75, 3.05) is 0 Å². The molecule has 0 aliphatic heterocycles. The number of hydrazine groups is 1. The second-order valence-corrected chi connectivity index (χ2v) is 5.98. The number of rotatable bonds is 3. The lowest BCUT2D eigenvalue weighted by molar-refractivity contribution is 0.308. The summed E-state index contributed by atoms with van der Waals surface area (Å²) in [7, 11) is 0. The van der Waals surface area contributed by atoms with Gasteiger partial charge in [-0.2, -0.15) is 0 Å². The monoisotopic (exact) mass is 288 g/mol. The third kappa shape index (κ3) is 3.54. The van der Waals surface area contributed by atoms with Crippen LogP contribution in [-0.4, -0.2) is 0 Å². The number of nitrogens with two attached hydrogens (primary N) is 1. The number of benzene rings is 1. The molecule has 2 nitrogen and oxygen atoms in total. The van der Waals surface area contributed by atoms with Gasteiger partial charge >= 0.3 is 0 Å². The summed E-state index contributed by atoms with van der Waals surface area (Å²) in [5.41, 5.74) is 3.37. The van der Waals surface area contributed by atoms with Crippen LogP contribution in [-0.2, 0) is 0 Å². The Morgan fingerprint density at radius 2 is 2.06 bits per heavy atom. The minimum absolute atomic E-state index is 0.0891. The zero-order valence-corrected chi connectivity index (χ0v) is 11.4. The molecule has 0 saturated heterocycles. The molecule has 16 heavy (non-hydrogen) atoms. The van der Waals surface area contributed by atoms with Gasteiger partial charge in [0.2, 0.25) is 0 Å². The van der Waals surface area contributed by atoms with Gasteiger partial charge in [0.15, 0.2) is 0 Å². The van der Waals surface area contributed by atoms with E-state index < -0.39 is 0 Å². The van der Waals surface area contributed by atoms with Gasteiger partial charge in [0, 0.05) is 11.6 Å². The molecule has 1 atom stereocenters. The molecule has 0 amide bonds. The lowest BCUT2D eigenvalue weighted by atomic mass is 9.85. The van der Waals surface area contributed by atoms with Gasteiger partial charge in [0.05, 0.1) is 4.47 Å². The van der Waals surface area contributed by atoms with Crippen LogP contribution in [0, 0.1) is 11.2 Å². The smallest absolute Gasteiger partial charge is 0.142 e. The Balaban J connectivity index is 3.00. The highest BCUT2D eigenvalue weighted by atomic mass is 79.9. The first-order valence-electron chi connectivity index (χ1n) is 5.25. The van der Waals surface area contributed by atoms with Gasteiger partial charge in [-0.05, 0) is 33.8 Å². The molecule has 0 heterocycles. The van der Waals surface area contributed by atoms with E-state index >= 15 is 0 Å². The Hall–Kier alpha value is -0.450. The first kappa shape index (κ1) is 13.6. The van der Waals surface area contributed by atoms with Crippen LogP contribution in [0.2, 0.25) is 0 Å². The molecule has 0 aliphatic carbocycles. The van der Waals surface area contributed by atoms with Gasteiger partial charge in [-0.15, -0.1) is 0 Å². The topological polar surface area (TPSA) is 38.0 Å². The number of nitrogens with one attached hydrogen (secondary N) is 1. The van der Waals surface area contributed by atoms with E-state index in [9.17, 15) is 4.39 Å². The largest absolute Gasteiger partial charge is 0.271 e. The highest BCUT2D eigenvalue weighted by molar-refractivity contribution is 9.10. The molecule has 1 aromatic rings. The van der Waals surface area contributed by atoms with Crippen molar-refractivity contribution >= 4 is 15.9 Å². The fourth-order valence-electron chi connectivity index (χ4n) is 1.66. The predicted molar refractivity (Wildman–Crippen MR) is 68.2 cm³/mol. The lowest BCUT2D eigenvalue weighted by Gasteiger charge is -2.26. The van der Waals surface area contributed by atoms with Crippen LogP contribution in [0.4, 0.5) is 4.39 Å². The summed E-state index contributed by atoms with van der Waals surface area (Å²) >= 11 is 3.18. The molecule has 0 fully saturated rings.